The maximum atomic E-state index is 6.03. The van der Waals surface area contributed by atoms with Crippen molar-refractivity contribution < 1.29 is 4.74 Å². The molecule has 2 aliphatic rings. The Hall–Kier alpha value is -0.810. The molecule has 1 aliphatic heterocycles. The van der Waals surface area contributed by atoms with Crippen LogP contribution in [0, 0.1) is 0 Å². The summed E-state index contributed by atoms with van der Waals surface area (Å²) < 4.78 is 5.90. The lowest BCUT2D eigenvalue weighted by Crippen LogP contribution is -2.61. The fraction of sp³-hybridized carbons (Fsp3) is 0.941. The van der Waals surface area contributed by atoms with Gasteiger partial charge in [0.1, 0.15) is 0 Å². The number of ether oxygens (including phenoxy) is 1. The van der Waals surface area contributed by atoms with Crippen molar-refractivity contribution in [3.63, 3.8) is 0 Å². The van der Waals surface area contributed by atoms with E-state index >= 15 is 0 Å². The van der Waals surface area contributed by atoms with Gasteiger partial charge in [0.2, 0.25) is 0 Å². The average Bonchev–Trinajstić information content (AvgIpc) is 2.44. The first-order valence-electron chi connectivity index (χ1n) is 8.78. The molecule has 0 aromatic rings. The van der Waals surface area contributed by atoms with Gasteiger partial charge in [0.05, 0.1) is 18.8 Å². The van der Waals surface area contributed by atoms with Crippen LogP contribution in [0.4, 0.5) is 0 Å². The molecule has 0 amide bonds. The average molecular weight is 310 g/mol. The largest absolute Gasteiger partial charge is 0.373 e. The van der Waals surface area contributed by atoms with Gasteiger partial charge >= 0.3 is 0 Å². The van der Waals surface area contributed by atoms with E-state index in [0.717, 1.165) is 26.2 Å². The number of nitrogens with one attached hydrogen (secondary N) is 1. The molecule has 2 rings (SSSR count). The monoisotopic (exact) mass is 310 g/mol. The second kappa shape index (κ2) is 7.18. The van der Waals surface area contributed by atoms with Crippen molar-refractivity contribution in [2.45, 2.75) is 77.0 Å². The molecule has 3 N–H and O–H groups in total. The van der Waals surface area contributed by atoms with Gasteiger partial charge in [-0.25, -0.2) is 0 Å². The van der Waals surface area contributed by atoms with Crippen LogP contribution in [0.3, 0.4) is 0 Å². The van der Waals surface area contributed by atoms with Gasteiger partial charge in [-0.1, -0.05) is 19.3 Å². The fourth-order valence-corrected chi connectivity index (χ4v) is 3.78. The lowest BCUT2D eigenvalue weighted by atomic mass is 9.79. The van der Waals surface area contributed by atoms with E-state index in [1.807, 2.05) is 0 Å². The minimum absolute atomic E-state index is 0.0614. The van der Waals surface area contributed by atoms with Crippen molar-refractivity contribution in [1.29, 1.82) is 0 Å². The summed E-state index contributed by atoms with van der Waals surface area (Å²) in [4.78, 5) is 7.31. The van der Waals surface area contributed by atoms with Crippen LogP contribution in [0.5, 0.6) is 0 Å². The number of aliphatic imine (C=N–C) groups is 1. The predicted octanol–water partition coefficient (Wildman–Crippen LogP) is 2.11. The molecule has 5 heteroatoms. The molecule has 0 spiro atoms. The molecule has 1 aliphatic carbocycles. The molecule has 1 saturated heterocycles. The van der Waals surface area contributed by atoms with Crippen LogP contribution in [0.1, 0.15) is 59.8 Å². The van der Waals surface area contributed by atoms with Gasteiger partial charge in [0.25, 0.3) is 0 Å². The Balaban J connectivity index is 2.10. The number of nitrogens with zero attached hydrogens (tertiary/aromatic N) is 2. The summed E-state index contributed by atoms with van der Waals surface area (Å²) >= 11 is 0. The molecule has 0 radical (unpaired) electrons. The molecular weight excluding hydrogens is 276 g/mol. The normalized spacial score (nSPS) is 26.1. The third kappa shape index (κ3) is 4.59. The highest BCUT2D eigenvalue weighted by molar-refractivity contribution is 5.78. The van der Waals surface area contributed by atoms with Crippen LogP contribution >= 0.6 is 0 Å². The van der Waals surface area contributed by atoms with Crippen molar-refractivity contribution in [1.82, 2.24) is 10.2 Å². The zero-order valence-corrected chi connectivity index (χ0v) is 14.8. The van der Waals surface area contributed by atoms with E-state index in [0.29, 0.717) is 12.0 Å². The third-order valence-corrected chi connectivity index (χ3v) is 4.86. The summed E-state index contributed by atoms with van der Waals surface area (Å²) in [6.07, 6.45) is 6.39. The van der Waals surface area contributed by atoms with Crippen LogP contribution in [0.2, 0.25) is 0 Å². The van der Waals surface area contributed by atoms with Gasteiger partial charge < -0.3 is 15.8 Å². The molecule has 1 saturated carbocycles. The predicted molar refractivity (Wildman–Crippen MR) is 92.2 cm³/mol. The Kier molecular flexibility index (Phi) is 5.72. The Morgan fingerprint density at radius 2 is 1.95 bits per heavy atom. The Morgan fingerprint density at radius 1 is 1.27 bits per heavy atom. The van der Waals surface area contributed by atoms with Crippen molar-refractivity contribution >= 4 is 5.96 Å². The van der Waals surface area contributed by atoms with Crippen molar-refractivity contribution in [3.8, 4) is 0 Å². The first-order valence-corrected chi connectivity index (χ1v) is 8.78. The summed E-state index contributed by atoms with van der Waals surface area (Å²) in [6.45, 7) is 12.2. The lowest BCUT2D eigenvalue weighted by molar-refractivity contribution is -0.121. The summed E-state index contributed by atoms with van der Waals surface area (Å²) in [5.41, 5.74) is 6.14. The quantitative estimate of drug-likeness (QED) is 0.617. The highest BCUT2D eigenvalue weighted by atomic mass is 16.5. The summed E-state index contributed by atoms with van der Waals surface area (Å²) in [6, 6.07) is 0.327. The van der Waals surface area contributed by atoms with Gasteiger partial charge in [-0.2, -0.15) is 0 Å². The molecule has 0 aromatic carbocycles. The van der Waals surface area contributed by atoms with Crippen LogP contribution in [0.15, 0.2) is 4.99 Å². The Labute approximate surface area is 135 Å². The first-order chi connectivity index (χ1) is 10.3. The molecular formula is C17H34N4O. The molecule has 2 fully saturated rings. The van der Waals surface area contributed by atoms with Gasteiger partial charge in [0.15, 0.2) is 5.96 Å². The molecule has 0 bridgehead atoms. The zero-order chi connectivity index (χ0) is 16.2. The number of guanidine groups is 1. The van der Waals surface area contributed by atoms with E-state index in [1.165, 1.54) is 32.1 Å². The number of morpholine rings is 1. The zero-order valence-electron chi connectivity index (χ0n) is 14.8. The third-order valence-electron chi connectivity index (χ3n) is 4.86. The Bertz CT molecular complexity index is 386. The number of nitrogens with two attached hydrogens (primary N) is 1. The van der Waals surface area contributed by atoms with E-state index < -0.39 is 0 Å². The van der Waals surface area contributed by atoms with E-state index in [9.17, 15) is 0 Å². The van der Waals surface area contributed by atoms with Gasteiger partial charge in [0, 0.05) is 24.7 Å². The minimum atomic E-state index is -0.0614. The Morgan fingerprint density at radius 3 is 2.55 bits per heavy atom. The molecule has 0 atom stereocenters. The van der Waals surface area contributed by atoms with E-state index in [-0.39, 0.29) is 11.1 Å². The maximum Gasteiger partial charge on any atom is 0.188 e. The summed E-state index contributed by atoms with van der Waals surface area (Å²) in [5.74, 6) is 0.576. The molecule has 5 nitrogen and oxygen atoms in total. The number of rotatable bonds is 4. The highest BCUT2D eigenvalue weighted by Gasteiger charge is 2.42. The van der Waals surface area contributed by atoms with E-state index in [2.05, 4.69) is 42.9 Å². The van der Waals surface area contributed by atoms with Crippen LogP contribution in [-0.4, -0.2) is 54.3 Å². The molecule has 22 heavy (non-hydrogen) atoms. The SMILES string of the molecule is CC(C)NC(N)=NCC1(N2CCOC(C)(C)C2)CCCCC1. The van der Waals surface area contributed by atoms with Gasteiger partial charge in [-0.05, 0) is 40.5 Å². The minimum Gasteiger partial charge on any atom is -0.373 e. The van der Waals surface area contributed by atoms with Crippen molar-refractivity contribution in [3.05, 3.63) is 0 Å². The van der Waals surface area contributed by atoms with Crippen molar-refractivity contribution in [2.24, 2.45) is 10.7 Å². The molecule has 0 aromatic heterocycles. The van der Waals surface area contributed by atoms with Gasteiger partial charge in [-0.3, -0.25) is 9.89 Å². The summed E-state index contributed by atoms with van der Waals surface area (Å²) in [7, 11) is 0. The van der Waals surface area contributed by atoms with Crippen LogP contribution in [-0.2, 0) is 4.74 Å². The smallest absolute Gasteiger partial charge is 0.188 e. The summed E-state index contributed by atoms with van der Waals surface area (Å²) in [5, 5.41) is 3.20. The lowest BCUT2D eigenvalue weighted by Gasteiger charge is -2.51. The van der Waals surface area contributed by atoms with E-state index in [1.54, 1.807) is 0 Å². The second-order valence-electron chi connectivity index (χ2n) is 7.82. The maximum absolute atomic E-state index is 6.03. The van der Waals surface area contributed by atoms with Crippen LogP contribution in [0.25, 0.3) is 0 Å². The highest BCUT2D eigenvalue weighted by Crippen LogP contribution is 2.36. The number of hydrogen-bond acceptors (Lipinski definition) is 3. The molecule has 1 heterocycles. The van der Waals surface area contributed by atoms with E-state index in [4.69, 9.17) is 10.5 Å². The van der Waals surface area contributed by atoms with Crippen molar-refractivity contribution in [2.75, 3.05) is 26.2 Å². The van der Waals surface area contributed by atoms with Crippen LogP contribution < -0.4 is 11.1 Å². The fourth-order valence-electron chi connectivity index (χ4n) is 3.78. The second-order valence-corrected chi connectivity index (χ2v) is 7.82. The molecule has 0 unspecified atom stereocenters. The number of hydrogen-bond donors (Lipinski definition) is 2. The van der Waals surface area contributed by atoms with Gasteiger partial charge in [-0.15, -0.1) is 0 Å². The molecule has 128 valence electrons. The topological polar surface area (TPSA) is 62.9 Å². The first kappa shape index (κ1) is 17.5. The standard InChI is InChI=1S/C17H34N4O/c1-14(2)20-15(18)19-12-17(8-6-5-7-9-17)21-10-11-22-16(3,4)13-21/h14H,5-13H2,1-4H3,(H3,18,19,20).